The summed E-state index contributed by atoms with van der Waals surface area (Å²) in [5.74, 6) is 0.933. The molecule has 2 saturated carbocycles. The molecule has 1 N–H and O–H groups in total. The lowest BCUT2D eigenvalue weighted by Crippen LogP contribution is -2.58. The number of rotatable bonds is 5. The summed E-state index contributed by atoms with van der Waals surface area (Å²) < 4.78 is 5.47. The highest BCUT2D eigenvalue weighted by molar-refractivity contribution is 5.01. The Morgan fingerprint density at radius 1 is 1.17 bits per heavy atom. The van der Waals surface area contributed by atoms with Crippen LogP contribution >= 0.6 is 0 Å². The van der Waals surface area contributed by atoms with Gasteiger partial charge in [0, 0.05) is 18.6 Å². The van der Waals surface area contributed by atoms with Gasteiger partial charge < -0.3 is 9.84 Å². The molecule has 3 fully saturated rings. The van der Waals surface area contributed by atoms with Crippen LogP contribution in [-0.2, 0) is 4.74 Å². The normalized spacial score (nSPS) is 30.5. The van der Waals surface area contributed by atoms with Crippen molar-refractivity contribution < 1.29 is 9.84 Å². The van der Waals surface area contributed by atoms with E-state index in [1.54, 1.807) is 0 Å². The first-order valence-electron chi connectivity index (χ1n) is 7.82. The van der Waals surface area contributed by atoms with Crippen LogP contribution in [0.5, 0.6) is 0 Å². The van der Waals surface area contributed by atoms with E-state index in [-0.39, 0.29) is 11.6 Å². The van der Waals surface area contributed by atoms with E-state index in [1.807, 2.05) is 0 Å². The number of ether oxygens (including phenoxy) is 1. The lowest BCUT2D eigenvalue weighted by Gasteiger charge is -2.46. The van der Waals surface area contributed by atoms with Crippen LogP contribution in [0.1, 0.15) is 51.4 Å². The second kappa shape index (κ2) is 5.48. The molecule has 18 heavy (non-hydrogen) atoms. The summed E-state index contributed by atoms with van der Waals surface area (Å²) >= 11 is 0. The minimum atomic E-state index is -0.112. The Kier molecular flexibility index (Phi) is 3.92. The number of aliphatic hydroxyl groups excluding tert-OH is 1. The topological polar surface area (TPSA) is 32.7 Å². The molecule has 1 atom stereocenters. The summed E-state index contributed by atoms with van der Waals surface area (Å²) in [5, 5.41) is 10.7. The zero-order valence-electron chi connectivity index (χ0n) is 11.4. The van der Waals surface area contributed by atoms with Crippen molar-refractivity contribution in [2.75, 3.05) is 26.3 Å². The molecule has 3 nitrogen and oxygen atoms in total. The molecule has 1 heterocycles. The zero-order valence-corrected chi connectivity index (χ0v) is 11.4. The summed E-state index contributed by atoms with van der Waals surface area (Å²) in [5.41, 5.74) is 0.0959. The standard InChI is InChI=1S/C15H27NO2/c17-14(6-5-13-3-4-13)15(7-1-2-8-15)16-9-11-18-12-10-16/h13-14,17H,1-12H2. The maximum Gasteiger partial charge on any atom is 0.0724 e. The Hall–Kier alpha value is -0.120. The minimum Gasteiger partial charge on any atom is -0.391 e. The van der Waals surface area contributed by atoms with Crippen molar-refractivity contribution in [2.45, 2.75) is 63.0 Å². The molecule has 1 aliphatic heterocycles. The molecule has 2 aliphatic carbocycles. The van der Waals surface area contributed by atoms with Gasteiger partial charge in [-0.15, -0.1) is 0 Å². The molecule has 0 amide bonds. The van der Waals surface area contributed by atoms with Crippen LogP contribution in [0.3, 0.4) is 0 Å². The third-order valence-corrected chi connectivity index (χ3v) is 5.28. The highest BCUT2D eigenvalue weighted by atomic mass is 16.5. The number of nitrogens with zero attached hydrogens (tertiary/aromatic N) is 1. The van der Waals surface area contributed by atoms with E-state index in [4.69, 9.17) is 4.74 Å². The van der Waals surface area contributed by atoms with Gasteiger partial charge in [-0.1, -0.05) is 25.7 Å². The summed E-state index contributed by atoms with van der Waals surface area (Å²) in [6.45, 7) is 3.72. The van der Waals surface area contributed by atoms with Crippen molar-refractivity contribution in [3.8, 4) is 0 Å². The predicted octanol–water partition coefficient (Wildman–Crippen LogP) is 2.18. The van der Waals surface area contributed by atoms with Crippen LogP contribution in [0.15, 0.2) is 0 Å². The van der Waals surface area contributed by atoms with Gasteiger partial charge in [0.05, 0.1) is 19.3 Å². The summed E-state index contributed by atoms with van der Waals surface area (Å²) in [4.78, 5) is 2.54. The molecule has 0 aromatic heterocycles. The van der Waals surface area contributed by atoms with Crippen molar-refractivity contribution in [1.82, 2.24) is 4.90 Å². The number of hydrogen-bond donors (Lipinski definition) is 1. The van der Waals surface area contributed by atoms with E-state index >= 15 is 0 Å². The van der Waals surface area contributed by atoms with Crippen LogP contribution < -0.4 is 0 Å². The molecule has 0 bridgehead atoms. The maximum atomic E-state index is 10.7. The van der Waals surface area contributed by atoms with E-state index in [2.05, 4.69) is 4.90 Å². The first-order valence-corrected chi connectivity index (χ1v) is 7.82. The summed E-state index contributed by atoms with van der Waals surface area (Å²) in [6.07, 6.45) is 9.91. The molecule has 3 aliphatic rings. The summed E-state index contributed by atoms with van der Waals surface area (Å²) in [6, 6.07) is 0. The molecule has 3 rings (SSSR count). The molecule has 3 heteroatoms. The average molecular weight is 253 g/mol. The van der Waals surface area contributed by atoms with E-state index < -0.39 is 0 Å². The van der Waals surface area contributed by atoms with E-state index in [1.165, 1.54) is 44.9 Å². The lowest BCUT2D eigenvalue weighted by molar-refractivity contribution is -0.0786. The van der Waals surface area contributed by atoms with Crippen molar-refractivity contribution >= 4 is 0 Å². The summed E-state index contributed by atoms with van der Waals surface area (Å²) in [7, 11) is 0. The van der Waals surface area contributed by atoms with Crippen LogP contribution in [-0.4, -0.2) is 48.0 Å². The Morgan fingerprint density at radius 2 is 1.83 bits per heavy atom. The monoisotopic (exact) mass is 253 g/mol. The maximum absolute atomic E-state index is 10.7. The fourth-order valence-electron chi connectivity index (χ4n) is 3.92. The average Bonchev–Trinajstić information content (AvgIpc) is 3.11. The highest BCUT2D eigenvalue weighted by Crippen LogP contribution is 2.42. The quantitative estimate of drug-likeness (QED) is 0.815. The zero-order chi connectivity index (χ0) is 12.4. The predicted molar refractivity (Wildman–Crippen MR) is 71.6 cm³/mol. The van der Waals surface area contributed by atoms with Gasteiger partial charge in [-0.2, -0.15) is 0 Å². The van der Waals surface area contributed by atoms with Crippen LogP contribution in [0.2, 0.25) is 0 Å². The molecule has 104 valence electrons. The van der Waals surface area contributed by atoms with Crippen LogP contribution in [0.25, 0.3) is 0 Å². The van der Waals surface area contributed by atoms with Gasteiger partial charge in [0.25, 0.3) is 0 Å². The molecule has 0 spiro atoms. The van der Waals surface area contributed by atoms with Crippen molar-refractivity contribution in [3.05, 3.63) is 0 Å². The first kappa shape index (κ1) is 12.9. The van der Waals surface area contributed by atoms with E-state index in [0.717, 1.165) is 38.6 Å². The second-order valence-corrected chi connectivity index (χ2v) is 6.45. The molecule has 0 radical (unpaired) electrons. The number of morpholine rings is 1. The Balaban J connectivity index is 1.63. The molecular weight excluding hydrogens is 226 g/mol. The van der Waals surface area contributed by atoms with Gasteiger partial charge in [-0.25, -0.2) is 0 Å². The Bertz CT molecular complexity index is 266. The fourth-order valence-corrected chi connectivity index (χ4v) is 3.92. The number of aliphatic hydroxyl groups is 1. The van der Waals surface area contributed by atoms with Crippen molar-refractivity contribution in [3.63, 3.8) is 0 Å². The third-order valence-electron chi connectivity index (χ3n) is 5.28. The van der Waals surface area contributed by atoms with Gasteiger partial charge >= 0.3 is 0 Å². The lowest BCUT2D eigenvalue weighted by atomic mass is 9.85. The SMILES string of the molecule is OC(CCC1CC1)C1(N2CCOCC2)CCCC1. The molecule has 1 saturated heterocycles. The second-order valence-electron chi connectivity index (χ2n) is 6.45. The van der Waals surface area contributed by atoms with Gasteiger partial charge in [0.1, 0.15) is 0 Å². The fraction of sp³-hybridized carbons (Fsp3) is 1.00. The van der Waals surface area contributed by atoms with Crippen molar-refractivity contribution in [1.29, 1.82) is 0 Å². The van der Waals surface area contributed by atoms with Gasteiger partial charge in [0.15, 0.2) is 0 Å². The molecule has 0 aromatic carbocycles. The van der Waals surface area contributed by atoms with E-state index in [0.29, 0.717) is 0 Å². The Labute approximate surface area is 110 Å². The minimum absolute atomic E-state index is 0.0959. The van der Waals surface area contributed by atoms with Crippen LogP contribution in [0, 0.1) is 5.92 Å². The van der Waals surface area contributed by atoms with E-state index in [9.17, 15) is 5.11 Å². The van der Waals surface area contributed by atoms with Gasteiger partial charge in [0.2, 0.25) is 0 Å². The van der Waals surface area contributed by atoms with Gasteiger partial charge in [-0.3, -0.25) is 4.90 Å². The smallest absolute Gasteiger partial charge is 0.0724 e. The molecule has 1 unspecified atom stereocenters. The third kappa shape index (κ3) is 2.59. The van der Waals surface area contributed by atoms with Crippen molar-refractivity contribution in [2.24, 2.45) is 5.92 Å². The largest absolute Gasteiger partial charge is 0.391 e. The highest BCUT2D eigenvalue weighted by Gasteiger charge is 2.45. The molecule has 0 aromatic rings. The molecular formula is C15H27NO2. The van der Waals surface area contributed by atoms with Gasteiger partial charge in [-0.05, 0) is 31.6 Å². The van der Waals surface area contributed by atoms with Crippen LogP contribution in [0.4, 0.5) is 0 Å². The Morgan fingerprint density at radius 3 is 2.44 bits per heavy atom. The number of hydrogen-bond acceptors (Lipinski definition) is 3. The first-order chi connectivity index (χ1) is 8.81.